The van der Waals surface area contributed by atoms with Gasteiger partial charge in [0.2, 0.25) is 11.8 Å². The minimum Gasteiger partial charge on any atom is -0.355 e. The highest BCUT2D eigenvalue weighted by molar-refractivity contribution is 5.87. The topological polar surface area (TPSA) is 58.2 Å². The highest BCUT2D eigenvalue weighted by Gasteiger charge is 2.14. The molecule has 19 heavy (non-hydrogen) atoms. The highest BCUT2D eigenvalue weighted by Crippen LogP contribution is 2.05. The van der Waals surface area contributed by atoms with Crippen molar-refractivity contribution in [3.8, 4) is 0 Å². The largest absolute Gasteiger partial charge is 0.355 e. The molecule has 2 amide bonds. The maximum Gasteiger partial charge on any atom is 0.242 e. The molecule has 0 aliphatic rings. The van der Waals surface area contributed by atoms with Crippen LogP contribution in [0.2, 0.25) is 0 Å². The summed E-state index contributed by atoms with van der Waals surface area (Å²) >= 11 is 0. The van der Waals surface area contributed by atoms with Gasteiger partial charge in [-0.25, -0.2) is 4.39 Å². The van der Waals surface area contributed by atoms with Crippen LogP contribution in [0.25, 0.3) is 0 Å². The third-order valence-corrected chi connectivity index (χ3v) is 2.68. The minimum atomic E-state index is -0.541. The lowest BCUT2D eigenvalue weighted by atomic mass is 10.1. The average molecular weight is 266 g/mol. The highest BCUT2D eigenvalue weighted by atomic mass is 19.1. The molecule has 0 fully saturated rings. The summed E-state index contributed by atoms with van der Waals surface area (Å²) in [5, 5.41) is 5.26. The lowest BCUT2D eigenvalue weighted by Crippen LogP contribution is -2.44. The fourth-order valence-electron chi connectivity index (χ4n) is 1.62. The normalized spacial score (nSPS) is 11.7. The molecule has 0 spiro atoms. The molecular weight excluding hydrogens is 247 g/mol. The molecule has 1 atom stereocenters. The Morgan fingerprint density at radius 2 is 1.89 bits per heavy atom. The van der Waals surface area contributed by atoms with Crippen molar-refractivity contribution < 1.29 is 14.0 Å². The fourth-order valence-corrected chi connectivity index (χ4v) is 1.62. The number of halogens is 1. The van der Waals surface area contributed by atoms with Crippen LogP contribution in [-0.2, 0) is 16.0 Å². The van der Waals surface area contributed by atoms with E-state index < -0.39 is 6.04 Å². The molecule has 2 N–H and O–H groups in total. The van der Waals surface area contributed by atoms with Gasteiger partial charge in [-0.2, -0.15) is 0 Å². The molecule has 0 saturated heterocycles. The van der Waals surface area contributed by atoms with Gasteiger partial charge in [-0.3, -0.25) is 9.59 Å². The van der Waals surface area contributed by atoms with E-state index >= 15 is 0 Å². The van der Waals surface area contributed by atoms with Crippen LogP contribution in [-0.4, -0.2) is 24.4 Å². The zero-order chi connectivity index (χ0) is 14.3. The van der Waals surface area contributed by atoms with E-state index in [0.29, 0.717) is 13.0 Å². The lowest BCUT2D eigenvalue weighted by Gasteiger charge is -2.13. The van der Waals surface area contributed by atoms with Gasteiger partial charge in [0.05, 0.1) is 0 Å². The van der Waals surface area contributed by atoms with E-state index in [1.54, 1.807) is 19.1 Å². The number of rotatable bonds is 6. The Hall–Kier alpha value is -1.91. The van der Waals surface area contributed by atoms with Crippen LogP contribution in [0.15, 0.2) is 24.3 Å². The van der Waals surface area contributed by atoms with Gasteiger partial charge in [0.25, 0.3) is 0 Å². The molecule has 0 radical (unpaired) electrons. The lowest BCUT2D eigenvalue weighted by molar-refractivity contribution is -0.128. The second kappa shape index (κ2) is 7.51. The van der Waals surface area contributed by atoms with E-state index in [1.165, 1.54) is 12.1 Å². The van der Waals surface area contributed by atoms with Gasteiger partial charge in [0, 0.05) is 13.0 Å². The quantitative estimate of drug-likeness (QED) is 0.817. The summed E-state index contributed by atoms with van der Waals surface area (Å²) in [5.41, 5.74) is 0.891. The molecule has 0 aromatic heterocycles. The summed E-state index contributed by atoms with van der Waals surface area (Å²) in [6.45, 7) is 4.00. The Bertz CT molecular complexity index is 432. The molecular formula is C14H19FN2O2. The van der Waals surface area contributed by atoms with Crippen molar-refractivity contribution in [1.29, 1.82) is 0 Å². The van der Waals surface area contributed by atoms with E-state index in [9.17, 15) is 14.0 Å². The van der Waals surface area contributed by atoms with E-state index in [2.05, 4.69) is 10.6 Å². The van der Waals surface area contributed by atoms with Crippen molar-refractivity contribution in [3.63, 3.8) is 0 Å². The fraction of sp³-hybridized carbons (Fsp3) is 0.429. The summed E-state index contributed by atoms with van der Waals surface area (Å²) in [5.74, 6) is -0.682. The van der Waals surface area contributed by atoms with Gasteiger partial charge in [-0.1, -0.05) is 12.1 Å². The van der Waals surface area contributed by atoms with Gasteiger partial charge in [-0.15, -0.1) is 0 Å². The molecule has 0 saturated carbocycles. The summed E-state index contributed by atoms with van der Waals surface area (Å²) in [7, 11) is 0. The summed E-state index contributed by atoms with van der Waals surface area (Å²) in [4.78, 5) is 23.1. The van der Waals surface area contributed by atoms with Crippen molar-refractivity contribution in [2.75, 3.05) is 6.54 Å². The first-order chi connectivity index (χ1) is 9.02. The molecule has 1 aromatic rings. The smallest absolute Gasteiger partial charge is 0.242 e. The second-order valence-electron chi connectivity index (χ2n) is 4.31. The third kappa shape index (κ3) is 5.50. The number of hydrogen-bond acceptors (Lipinski definition) is 2. The van der Waals surface area contributed by atoms with Crippen molar-refractivity contribution in [2.24, 2.45) is 0 Å². The number of nitrogens with one attached hydrogen (secondary N) is 2. The van der Waals surface area contributed by atoms with Crippen molar-refractivity contribution >= 4 is 11.8 Å². The van der Waals surface area contributed by atoms with Crippen LogP contribution in [0.4, 0.5) is 4.39 Å². The van der Waals surface area contributed by atoms with Crippen LogP contribution in [0.5, 0.6) is 0 Å². The first-order valence-corrected chi connectivity index (χ1v) is 6.34. The Balaban J connectivity index is 2.35. The predicted molar refractivity (Wildman–Crippen MR) is 71.0 cm³/mol. The first-order valence-electron chi connectivity index (χ1n) is 6.34. The van der Waals surface area contributed by atoms with E-state index in [4.69, 9.17) is 0 Å². The number of aryl methyl sites for hydroxylation is 1. The number of benzene rings is 1. The molecule has 0 unspecified atom stereocenters. The minimum absolute atomic E-state index is 0.192. The molecule has 0 aliphatic heterocycles. The van der Waals surface area contributed by atoms with Crippen molar-refractivity contribution in [2.45, 2.75) is 32.7 Å². The van der Waals surface area contributed by atoms with Gasteiger partial charge in [0.15, 0.2) is 0 Å². The Morgan fingerprint density at radius 3 is 2.47 bits per heavy atom. The molecule has 0 heterocycles. The second-order valence-corrected chi connectivity index (χ2v) is 4.31. The number of hydrogen-bond donors (Lipinski definition) is 2. The summed E-state index contributed by atoms with van der Waals surface area (Å²) < 4.78 is 12.7. The van der Waals surface area contributed by atoms with Crippen molar-refractivity contribution in [1.82, 2.24) is 10.6 Å². The summed E-state index contributed by atoms with van der Waals surface area (Å²) in [6, 6.07) is 5.49. The van der Waals surface area contributed by atoms with Gasteiger partial charge in [0.1, 0.15) is 11.9 Å². The zero-order valence-electron chi connectivity index (χ0n) is 11.2. The molecule has 104 valence electrons. The molecule has 0 bridgehead atoms. The predicted octanol–water partition coefficient (Wildman–Crippen LogP) is 1.40. The first kappa shape index (κ1) is 15.1. The number of amides is 2. The van der Waals surface area contributed by atoms with Crippen molar-refractivity contribution in [3.05, 3.63) is 35.6 Å². The molecule has 1 rings (SSSR count). The van der Waals surface area contributed by atoms with Crippen LogP contribution in [0.1, 0.15) is 25.8 Å². The van der Waals surface area contributed by atoms with E-state index in [-0.39, 0.29) is 24.1 Å². The summed E-state index contributed by atoms with van der Waals surface area (Å²) in [6.07, 6.45) is 0.795. The Labute approximate surface area is 112 Å². The van der Waals surface area contributed by atoms with Crippen LogP contribution in [0.3, 0.4) is 0 Å². The van der Waals surface area contributed by atoms with Crippen LogP contribution >= 0.6 is 0 Å². The average Bonchev–Trinajstić information content (AvgIpc) is 2.38. The van der Waals surface area contributed by atoms with Gasteiger partial charge >= 0.3 is 0 Å². The van der Waals surface area contributed by atoms with Crippen LogP contribution < -0.4 is 10.6 Å². The SMILES string of the molecule is CCNC(=O)[C@H](C)NC(=O)CCc1ccc(F)cc1. The molecule has 4 nitrogen and oxygen atoms in total. The number of carbonyl (C=O) groups excluding carboxylic acids is 2. The Morgan fingerprint density at radius 1 is 1.26 bits per heavy atom. The maximum atomic E-state index is 12.7. The molecule has 0 aliphatic carbocycles. The zero-order valence-corrected chi connectivity index (χ0v) is 11.2. The molecule has 5 heteroatoms. The monoisotopic (exact) mass is 266 g/mol. The number of carbonyl (C=O) groups is 2. The maximum absolute atomic E-state index is 12.7. The van der Waals surface area contributed by atoms with Gasteiger partial charge < -0.3 is 10.6 Å². The van der Waals surface area contributed by atoms with Crippen LogP contribution in [0, 0.1) is 5.82 Å². The standard InChI is InChI=1S/C14H19FN2O2/c1-3-16-14(19)10(2)17-13(18)9-6-11-4-7-12(15)8-5-11/h4-5,7-8,10H,3,6,9H2,1-2H3,(H,16,19)(H,17,18)/t10-/m0/s1. The number of likely N-dealkylation sites (N-methyl/N-ethyl adjacent to an activating group) is 1. The molecule has 1 aromatic carbocycles. The van der Waals surface area contributed by atoms with E-state index in [0.717, 1.165) is 5.56 Å². The third-order valence-electron chi connectivity index (χ3n) is 2.68. The van der Waals surface area contributed by atoms with E-state index in [1.807, 2.05) is 6.92 Å². The van der Waals surface area contributed by atoms with Gasteiger partial charge in [-0.05, 0) is 38.0 Å². The Kier molecular flexibility index (Phi) is 5.99.